The Morgan fingerprint density at radius 2 is 1.17 bits per heavy atom. The van der Waals surface area contributed by atoms with Gasteiger partial charge in [-0.1, -0.05) is 0 Å². The van der Waals surface area contributed by atoms with Crippen molar-refractivity contribution in [2.45, 2.75) is 71.8 Å². The molecule has 0 amide bonds. The fourth-order valence-electron chi connectivity index (χ4n) is 5.05. The molecule has 4 aliphatic rings. The van der Waals surface area contributed by atoms with Gasteiger partial charge in [0.25, 0.3) is 0 Å². The molecule has 0 bridgehead atoms. The van der Waals surface area contributed by atoms with Gasteiger partial charge in [-0.3, -0.25) is 0 Å². The summed E-state index contributed by atoms with van der Waals surface area (Å²) in [6, 6.07) is 0. The first-order chi connectivity index (χ1) is 10.8. The van der Waals surface area contributed by atoms with E-state index < -0.39 is 20.1 Å². The predicted molar refractivity (Wildman–Crippen MR) is 109 cm³/mol. The van der Waals surface area contributed by atoms with Crippen LogP contribution in [0.2, 0.25) is 20.4 Å². The van der Waals surface area contributed by atoms with Crippen LogP contribution < -0.4 is 0 Å². The first-order valence-electron chi connectivity index (χ1n) is 9.23. The van der Waals surface area contributed by atoms with Crippen LogP contribution in [-0.2, 0) is 20.1 Å². The smallest absolute Gasteiger partial charge is 0.147 e. The first-order valence-corrected chi connectivity index (χ1v) is 21.3. The molecule has 4 rings (SSSR count). The molecule has 0 saturated carbocycles. The summed E-state index contributed by atoms with van der Waals surface area (Å²) in [5.74, 6) is 0. The van der Waals surface area contributed by atoms with E-state index in [0.29, 0.717) is 0 Å². The van der Waals surface area contributed by atoms with Gasteiger partial charge in [0.05, 0.1) is 0 Å². The predicted octanol–water partition coefficient (Wildman–Crippen LogP) is 7.16. The van der Waals surface area contributed by atoms with Crippen LogP contribution in [0, 0.1) is 0 Å². The molecule has 0 radical (unpaired) electrons. The SMILES string of the molecule is C[Si](C)=[Hf]([CH]1C=CC2=C1CCCC2)[CH]1C=CC2=C1CCCC2.Cl.Cl. The van der Waals surface area contributed by atoms with Gasteiger partial charge in [-0.2, -0.15) is 0 Å². The molecule has 0 aliphatic heterocycles. The average Bonchev–Trinajstić information content (AvgIpc) is 3.13. The fourth-order valence-corrected chi connectivity index (χ4v) is 32.8. The Hall–Kier alpha value is 0.627. The number of rotatable bonds is 2. The molecule has 0 N–H and O–H groups in total. The Kier molecular flexibility index (Phi) is 7.86. The van der Waals surface area contributed by atoms with E-state index in [2.05, 4.69) is 37.4 Å². The minimum atomic E-state index is -1.68. The molecule has 0 heterocycles. The fraction of sp³-hybridized carbons (Fsp3) is 0.600. The third kappa shape index (κ3) is 3.82. The van der Waals surface area contributed by atoms with Gasteiger partial charge in [-0.05, 0) is 0 Å². The Morgan fingerprint density at radius 3 is 1.58 bits per heavy atom. The normalized spacial score (nSPS) is 27.4. The Labute approximate surface area is 167 Å². The Morgan fingerprint density at radius 1 is 0.750 bits per heavy atom. The zero-order chi connectivity index (χ0) is 15.1. The van der Waals surface area contributed by atoms with Gasteiger partial charge in [0.1, 0.15) is 0 Å². The van der Waals surface area contributed by atoms with Crippen LogP contribution in [0.4, 0.5) is 0 Å². The number of hydrogen-bond acceptors (Lipinski definition) is 0. The van der Waals surface area contributed by atoms with Gasteiger partial charge >= 0.3 is 144 Å². The largest absolute Gasteiger partial charge is 0.147 e. The van der Waals surface area contributed by atoms with E-state index >= 15 is 0 Å². The van der Waals surface area contributed by atoms with Crippen molar-refractivity contribution in [3.63, 3.8) is 0 Å². The van der Waals surface area contributed by atoms with Crippen LogP contribution in [0.25, 0.3) is 0 Å². The minimum absolute atomic E-state index is 0. The minimum Gasteiger partial charge on any atom is -0.147 e. The van der Waals surface area contributed by atoms with Gasteiger partial charge in [0.15, 0.2) is 0 Å². The van der Waals surface area contributed by atoms with Crippen LogP contribution in [0.3, 0.4) is 0 Å². The van der Waals surface area contributed by atoms with Crippen molar-refractivity contribution >= 4 is 30.3 Å². The van der Waals surface area contributed by atoms with Gasteiger partial charge in [0.2, 0.25) is 0 Å². The quantitative estimate of drug-likeness (QED) is 0.322. The molecule has 132 valence electrons. The molecule has 4 aliphatic carbocycles. The Balaban J connectivity index is 0.00000104. The van der Waals surface area contributed by atoms with E-state index in [-0.39, 0.29) is 30.3 Å². The third-order valence-corrected chi connectivity index (χ3v) is 33.5. The summed E-state index contributed by atoms with van der Waals surface area (Å²) in [5, 5.41) is 0. The topological polar surface area (TPSA) is 0 Å². The molecule has 0 saturated heterocycles. The summed E-state index contributed by atoms with van der Waals surface area (Å²) in [7, 11) is 0. The molecule has 0 aromatic rings. The summed E-state index contributed by atoms with van der Waals surface area (Å²) >= 11 is -1.68. The number of hydrogen-bond donors (Lipinski definition) is 0. The van der Waals surface area contributed by atoms with E-state index in [4.69, 9.17) is 0 Å². The van der Waals surface area contributed by atoms with Crippen molar-refractivity contribution in [2.75, 3.05) is 0 Å². The first kappa shape index (κ1) is 20.9. The van der Waals surface area contributed by atoms with Gasteiger partial charge < -0.3 is 0 Å². The summed E-state index contributed by atoms with van der Waals surface area (Å²) in [5.41, 5.74) is 7.29. The maximum absolute atomic E-state index is 2.69. The molecule has 4 heteroatoms. The summed E-state index contributed by atoms with van der Waals surface area (Å²) in [6.45, 7) is 5.30. The van der Waals surface area contributed by atoms with E-state index in [0.717, 1.165) is 7.35 Å². The zero-order valence-electron chi connectivity index (χ0n) is 14.9. The maximum atomic E-state index is 2.69. The number of halogens is 2. The van der Waals surface area contributed by atoms with Crippen LogP contribution in [0.15, 0.2) is 46.6 Å². The van der Waals surface area contributed by atoms with Crippen molar-refractivity contribution in [3.8, 4) is 0 Å². The van der Waals surface area contributed by atoms with Crippen molar-refractivity contribution < 1.29 is 20.1 Å². The molecule has 0 aromatic heterocycles. The van der Waals surface area contributed by atoms with Gasteiger partial charge in [-0.25, -0.2) is 0 Å². The summed E-state index contributed by atoms with van der Waals surface area (Å²) in [6.07, 6.45) is 21.9. The molecular formula is C20H30Cl2HfSi. The zero-order valence-corrected chi connectivity index (χ0v) is 21.2. The maximum Gasteiger partial charge on any atom is -0.147 e. The van der Waals surface area contributed by atoms with Gasteiger partial charge in [-0.15, -0.1) is 24.8 Å². The monoisotopic (exact) mass is 548 g/mol. The molecule has 0 spiro atoms. The molecule has 24 heavy (non-hydrogen) atoms. The van der Waals surface area contributed by atoms with E-state index in [1.54, 1.807) is 11.1 Å². The molecule has 2 atom stereocenters. The Bertz CT molecular complexity index is 601. The van der Waals surface area contributed by atoms with Crippen LogP contribution in [-0.4, -0.2) is 5.49 Å². The van der Waals surface area contributed by atoms with Crippen molar-refractivity contribution in [1.29, 1.82) is 0 Å². The van der Waals surface area contributed by atoms with E-state index in [1.165, 1.54) is 51.4 Å². The van der Waals surface area contributed by atoms with Crippen LogP contribution >= 0.6 is 24.8 Å². The summed E-state index contributed by atoms with van der Waals surface area (Å²) < 4.78 is 1.96. The van der Waals surface area contributed by atoms with Crippen LogP contribution in [0.1, 0.15) is 51.4 Å². The second-order valence-electron chi connectivity index (χ2n) is 7.64. The van der Waals surface area contributed by atoms with E-state index in [9.17, 15) is 0 Å². The standard InChI is InChI=1S/2C9H11.C2H6Si.2ClH.Hf/c2*1-2-5-9-7-3-6-8(9)4-1;1-3-2;;;/h2*3,6-7H,1-2,4-5H2;1-2H3;2*1H;. The molecule has 0 aromatic carbocycles. The molecule has 2 unspecified atom stereocenters. The third-order valence-electron chi connectivity index (χ3n) is 6.09. The second-order valence-corrected chi connectivity index (χ2v) is 32.9. The van der Waals surface area contributed by atoms with Crippen LogP contribution in [0.5, 0.6) is 0 Å². The molecule has 0 fully saturated rings. The second kappa shape index (κ2) is 9.02. The molecule has 0 nitrogen and oxygen atoms in total. The molecular weight excluding hydrogens is 518 g/mol. The van der Waals surface area contributed by atoms with Crippen molar-refractivity contribution in [1.82, 2.24) is 0 Å². The van der Waals surface area contributed by atoms with Gasteiger partial charge in [0, 0.05) is 0 Å². The average molecular weight is 548 g/mol. The number of allylic oxidation sites excluding steroid dienone is 8. The van der Waals surface area contributed by atoms with E-state index in [1.807, 2.05) is 11.1 Å². The van der Waals surface area contributed by atoms with Crippen molar-refractivity contribution in [3.05, 3.63) is 46.6 Å². The van der Waals surface area contributed by atoms with Crippen molar-refractivity contribution in [2.24, 2.45) is 0 Å². The summed E-state index contributed by atoms with van der Waals surface area (Å²) in [4.78, 5) is 0.